The molecule has 0 aliphatic carbocycles. The van der Waals surface area contributed by atoms with Crippen molar-refractivity contribution in [3.63, 3.8) is 0 Å². The lowest BCUT2D eigenvalue weighted by Crippen LogP contribution is -2.06. The highest BCUT2D eigenvalue weighted by Crippen LogP contribution is 2.20. The molecule has 7 heteroatoms. The Hall–Kier alpha value is -2.57. The third-order valence-electron chi connectivity index (χ3n) is 2.06. The largest absolute Gasteiger partial charge is 0.475 e. The summed E-state index contributed by atoms with van der Waals surface area (Å²) in [6.07, 6.45) is 1.20. The lowest BCUT2D eigenvalue weighted by atomic mass is 10.3. The second kappa shape index (κ2) is 4.74. The molecule has 0 atom stereocenters. The first-order valence-electron chi connectivity index (χ1n) is 4.85. The van der Waals surface area contributed by atoms with E-state index in [0.717, 1.165) is 6.07 Å². The van der Waals surface area contributed by atoms with Gasteiger partial charge in [-0.05, 0) is 18.2 Å². The van der Waals surface area contributed by atoms with Gasteiger partial charge >= 0.3 is 5.97 Å². The maximum atomic E-state index is 13.3. The summed E-state index contributed by atoms with van der Waals surface area (Å²) in [5.74, 6) is -3.75. The van der Waals surface area contributed by atoms with Crippen LogP contribution in [0.4, 0.5) is 20.3 Å². The molecule has 0 radical (unpaired) electrons. The van der Waals surface area contributed by atoms with E-state index in [1.807, 2.05) is 0 Å². The number of nitrogens with one attached hydrogen (secondary N) is 1. The Morgan fingerprint density at radius 2 is 2.06 bits per heavy atom. The van der Waals surface area contributed by atoms with Crippen LogP contribution in [-0.4, -0.2) is 21.0 Å². The van der Waals surface area contributed by atoms with Gasteiger partial charge in [-0.1, -0.05) is 6.07 Å². The highest BCUT2D eigenvalue weighted by molar-refractivity contribution is 5.83. The van der Waals surface area contributed by atoms with Crippen LogP contribution in [0.5, 0.6) is 0 Å². The molecule has 1 aromatic heterocycles. The Morgan fingerprint density at radius 1 is 1.28 bits per heavy atom. The summed E-state index contributed by atoms with van der Waals surface area (Å²) >= 11 is 0. The molecule has 0 spiro atoms. The van der Waals surface area contributed by atoms with Crippen molar-refractivity contribution in [3.8, 4) is 0 Å². The summed E-state index contributed by atoms with van der Waals surface area (Å²) in [7, 11) is 0. The average molecular weight is 251 g/mol. The van der Waals surface area contributed by atoms with Gasteiger partial charge in [-0.15, -0.1) is 0 Å². The second-order valence-corrected chi connectivity index (χ2v) is 3.30. The third kappa shape index (κ3) is 2.40. The Kier molecular flexibility index (Phi) is 3.13. The van der Waals surface area contributed by atoms with Crippen LogP contribution in [0.1, 0.15) is 10.6 Å². The Balaban J connectivity index is 2.31. The van der Waals surface area contributed by atoms with Gasteiger partial charge in [0.15, 0.2) is 11.6 Å². The zero-order valence-electron chi connectivity index (χ0n) is 8.89. The van der Waals surface area contributed by atoms with Crippen molar-refractivity contribution in [1.29, 1.82) is 0 Å². The van der Waals surface area contributed by atoms with Crippen LogP contribution in [0.25, 0.3) is 0 Å². The molecule has 2 N–H and O–H groups in total. The van der Waals surface area contributed by atoms with E-state index in [2.05, 4.69) is 15.3 Å². The van der Waals surface area contributed by atoms with Gasteiger partial charge < -0.3 is 10.4 Å². The van der Waals surface area contributed by atoms with Gasteiger partial charge in [-0.3, -0.25) is 0 Å². The SMILES string of the molecule is O=C(O)c1nccc(Nc2cccc(F)c2F)n1. The standard InChI is InChI=1S/C11H7F2N3O2/c12-6-2-1-3-7(9(6)13)15-8-4-5-14-10(16-8)11(17)18/h1-5H,(H,17,18)(H,14,15,16). The minimum Gasteiger partial charge on any atom is -0.475 e. The predicted octanol–water partition coefficient (Wildman–Crippen LogP) is 2.20. The van der Waals surface area contributed by atoms with Gasteiger partial charge in [0.05, 0.1) is 5.69 Å². The number of hydrogen-bond donors (Lipinski definition) is 2. The van der Waals surface area contributed by atoms with Crippen LogP contribution in [0.3, 0.4) is 0 Å². The number of aromatic carboxylic acids is 1. The van der Waals surface area contributed by atoms with Gasteiger partial charge in [-0.25, -0.2) is 23.5 Å². The van der Waals surface area contributed by atoms with E-state index in [0.29, 0.717) is 0 Å². The zero-order chi connectivity index (χ0) is 13.1. The number of aromatic nitrogens is 2. The van der Waals surface area contributed by atoms with Crippen LogP contribution < -0.4 is 5.32 Å². The number of rotatable bonds is 3. The van der Waals surface area contributed by atoms with Gasteiger partial charge in [0.25, 0.3) is 0 Å². The maximum absolute atomic E-state index is 13.3. The van der Waals surface area contributed by atoms with E-state index in [1.54, 1.807) is 0 Å². The molecule has 0 bridgehead atoms. The number of carboxylic acid groups (broad SMARTS) is 1. The summed E-state index contributed by atoms with van der Waals surface area (Å²) in [6, 6.07) is 4.95. The van der Waals surface area contributed by atoms with E-state index in [-0.39, 0.29) is 11.5 Å². The topological polar surface area (TPSA) is 75.1 Å². The molecule has 1 aromatic carbocycles. The molecule has 0 saturated heterocycles. The molecule has 0 aliphatic heterocycles. The van der Waals surface area contributed by atoms with Crippen molar-refractivity contribution >= 4 is 17.5 Å². The molecule has 18 heavy (non-hydrogen) atoms. The van der Waals surface area contributed by atoms with Crippen molar-refractivity contribution in [3.05, 3.63) is 47.9 Å². The summed E-state index contributed by atoms with van der Waals surface area (Å²) in [5.41, 5.74) is -0.134. The van der Waals surface area contributed by atoms with Crippen molar-refractivity contribution < 1.29 is 18.7 Å². The lowest BCUT2D eigenvalue weighted by Gasteiger charge is -2.07. The van der Waals surface area contributed by atoms with Crippen molar-refractivity contribution in [1.82, 2.24) is 9.97 Å². The molecule has 1 heterocycles. The van der Waals surface area contributed by atoms with Gasteiger partial charge in [0.2, 0.25) is 5.82 Å². The van der Waals surface area contributed by atoms with E-state index < -0.39 is 23.4 Å². The van der Waals surface area contributed by atoms with Crippen LogP contribution in [0.15, 0.2) is 30.5 Å². The first kappa shape index (κ1) is 11.9. The number of nitrogens with zero attached hydrogens (tertiary/aromatic N) is 2. The number of anilines is 2. The van der Waals surface area contributed by atoms with Crippen LogP contribution in [-0.2, 0) is 0 Å². The van der Waals surface area contributed by atoms with E-state index >= 15 is 0 Å². The number of benzene rings is 1. The van der Waals surface area contributed by atoms with Gasteiger partial charge in [0.1, 0.15) is 5.82 Å². The molecular formula is C11H7F2N3O2. The summed E-state index contributed by atoms with van der Waals surface area (Å²) in [4.78, 5) is 17.8. The van der Waals surface area contributed by atoms with Crippen molar-refractivity contribution in [2.24, 2.45) is 0 Å². The smallest absolute Gasteiger partial charge is 0.374 e. The average Bonchev–Trinajstić information content (AvgIpc) is 2.35. The van der Waals surface area contributed by atoms with Crippen LogP contribution >= 0.6 is 0 Å². The molecule has 5 nitrogen and oxygen atoms in total. The predicted molar refractivity (Wildman–Crippen MR) is 58.6 cm³/mol. The van der Waals surface area contributed by atoms with E-state index in [4.69, 9.17) is 5.11 Å². The Labute approximate surface area is 100 Å². The third-order valence-corrected chi connectivity index (χ3v) is 2.06. The molecule has 0 fully saturated rings. The fraction of sp³-hybridized carbons (Fsp3) is 0. The minimum absolute atomic E-state index is 0.0619. The van der Waals surface area contributed by atoms with Crippen molar-refractivity contribution in [2.45, 2.75) is 0 Å². The minimum atomic E-state index is -1.31. The van der Waals surface area contributed by atoms with Gasteiger partial charge in [0, 0.05) is 6.20 Å². The number of carboxylic acids is 1. The number of carbonyl (C=O) groups is 1. The highest BCUT2D eigenvalue weighted by Gasteiger charge is 2.10. The zero-order valence-corrected chi connectivity index (χ0v) is 8.89. The number of halogens is 2. The molecule has 0 aliphatic rings. The van der Waals surface area contributed by atoms with Crippen LogP contribution in [0.2, 0.25) is 0 Å². The quantitative estimate of drug-likeness (QED) is 0.874. The van der Waals surface area contributed by atoms with Crippen molar-refractivity contribution in [2.75, 3.05) is 5.32 Å². The monoisotopic (exact) mass is 251 g/mol. The summed E-state index contributed by atoms with van der Waals surface area (Å²) < 4.78 is 26.3. The first-order valence-corrected chi connectivity index (χ1v) is 4.85. The molecule has 0 amide bonds. The van der Waals surface area contributed by atoms with Gasteiger partial charge in [-0.2, -0.15) is 0 Å². The van der Waals surface area contributed by atoms with Crippen LogP contribution in [0, 0.1) is 11.6 Å². The maximum Gasteiger partial charge on any atom is 0.374 e. The molecule has 0 unspecified atom stereocenters. The van der Waals surface area contributed by atoms with E-state index in [9.17, 15) is 13.6 Å². The number of hydrogen-bond acceptors (Lipinski definition) is 4. The molecule has 92 valence electrons. The highest BCUT2D eigenvalue weighted by atomic mass is 19.2. The fourth-order valence-electron chi connectivity index (χ4n) is 1.27. The molecule has 2 aromatic rings. The van der Waals surface area contributed by atoms with E-state index in [1.165, 1.54) is 24.4 Å². The molecular weight excluding hydrogens is 244 g/mol. The summed E-state index contributed by atoms with van der Waals surface area (Å²) in [6.45, 7) is 0. The Morgan fingerprint density at radius 3 is 2.78 bits per heavy atom. The Bertz CT molecular complexity index is 605. The normalized spacial score (nSPS) is 10.1. The molecule has 2 rings (SSSR count). The fourth-order valence-corrected chi connectivity index (χ4v) is 1.27. The lowest BCUT2D eigenvalue weighted by molar-refractivity contribution is 0.0683. The summed E-state index contributed by atoms with van der Waals surface area (Å²) in [5, 5.41) is 11.2. The first-order chi connectivity index (χ1) is 8.58. The second-order valence-electron chi connectivity index (χ2n) is 3.30. The molecule has 0 saturated carbocycles.